The van der Waals surface area contributed by atoms with Gasteiger partial charge < -0.3 is 10.4 Å². The van der Waals surface area contributed by atoms with E-state index in [4.69, 9.17) is 5.11 Å². The Morgan fingerprint density at radius 2 is 1.90 bits per heavy atom. The van der Waals surface area contributed by atoms with Crippen LogP contribution in [0.3, 0.4) is 0 Å². The van der Waals surface area contributed by atoms with Gasteiger partial charge >= 0.3 is 5.97 Å². The smallest absolute Gasteiger partial charge is 0.339 e. The molecule has 1 amide bonds. The van der Waals surface area contributed by atoms with Gasteiger partial charge in [-0.15, -0.1) is 0 Å². The molecule has 0 bridgehead atoms. The molecule has 0 saturated heterocycles. The largest absolute Gasteiger partial charge is 0.478 e. The van der Waals surface area contributed by atoms with Gasteiger partial charge in [0.2, 0.25) is 0 Å². The molecule has 102 valence electrons. The van der Waals surface area contributed by atoms with Gasteiger partial charge in [-0.25, -0.2) is 9.78 Å². The van der Waals surface area contributed by atoms with Crippen molar-refractivity contribution in [2.75, 3.05) is 5.32 Å². The first-order chi connectivity index (χ1) is 9.49. The highest BCUT2D eigenvalue weighted by Crippen LogP contribution is 2.23. The lowest BCUT2D eigenvalue weighted by atomic mass is 10.2. The summed E-state index contributed by atoms with van der Waals surface area (Å²) in [5.74, 6) is -1.59. The lowest BCUT2D eigenvalue weighted by molar-refractivity contribution is 0.0697. The van der Waals surface area contributed by atoms with Gasteiger partial charge in [0.25, 0.3) is 5.91 Å². The number of aromatic nitrogens is 1. The van der Waals surface area contributed by atoms with E-state index in [1.807, 2.05) is 0 Å². The number of carbonyl (C=O) groups excluding carboxylic acids is 1. The zero-order valence-electron chi connectivity index (χ0n) is 9.93. The Labute approximate surface area is 131 Å². The van der Waals surface area contributed by atoms with Crippen LogP contribution in [0.1, 0.15) is 20.7 Å². The minimum atomic E-state index is -1.15. The fraction of sp³-hybridized carbons (Fsp3) is 0. The third-order valence-electron chi connectivity index (χ3n) is 2.44. The number of carbonyl (C=O) groups is 2. The average molecular weight is 400 g/mol. The van der Waals surface area contributed by atoms with Crippen LogP contribution in [0, 0.1) is 0 Å². The highest BCUT2D eigenvalue weighted by molar-refractivity contribution is 9.11. The number of benzene rings is 1. The van der Waals surface area contributed by atoms with E-state index < -0.39 is 11.9 Å². The van der Waals surface area contributed by atoms with Gasteiger partial charge in [0.15, 0.2) is 0 Å². The zero-order chi connectivity index (χ0) is 14.7. The molecule has 7 heteroatoms. The van der Waals surface area contributed by atoms with Crippen LogP contribution in [0.15, 0.2) is 45.5 Å². The Bertz CT molecular complexity index is 689. The maximum Gasteiger partial charge on any atom is 0.339 e. The normalized spacial score (nSPS) is 10.1. The minimum Gasteiger partial charge on any atom is -0.478 e. The second-order valence-electron chi connectivity index (χ2n) is 3.78. The predicted octanol–water partition coefficient (Wildman–Crippen LogP) is 3.56. The number of aromatic carboxylic acids is 1. The molecule has 5 nitrogen and oxygen atoms in total. The van der Waals surface area contributed by atoms with Crippen LogP contribution >= 0.6 is 31.9 Å². The van der Waals surface area contributed by atoms with Crippen molar-refractivity contribution in [2.45, 2.75) is 0 Å². The quantitative estimate of drug-likeness (QED) is 0.826. The predicted molar refractivity (Wildman–Crippen MR) is 81.0 cm³/mol. The fourth-order valence-electron chi connectivity index (χ4n) is 1.52. The molecule has 0 saturated carbocycles. The number of carboxylic acid groups (broad SMARTS) is 1. The third kappa shape index (κ3) is 3.23. The van der Waals surface area contributed by atoms with Gasteiger partial charge in [-0.3, -0.25) is 4.79 Å². The van der Waals surface area contributed by atoms with Gasteiger partial charge in [0.1, 0.15) is 11.4 Å². The standard InChI is InChI=1S/C13H8Br2N2O3/c14-7-3-4-10(15)9(6-7)12(18)17-11-8(13(19)20)2-1-5-16-11/h1-6H,(H,19,20)(H,16,17,18). The monoisotopic (exact) mass is 398 g/mol. The van der Waals surface area contributed by atoms with Gasteiger partial charge in [0.05, 0.1) is 5.56 Å². The third-order valence-corrected chi connectivity index (χ3v) is 3.63. The topological polar surface area (TPSA) is 79.3 Å². The molecule has 1 aromatic heterocycles. The molecule has 2 aromatic rings. The second-order valence-corrected chi connectivity index (χ2v) is 5.55. The van der Waals surface area contributed by atoms with Crippen LogP contribution in [-0.2, 0) is 0 Å². The Morgan fingerprint density at radius 3 is 2.60 bits per heavy atom. The van der Waals surface area contributed by atoms with Crippen molar-refractivity contribution in [1.82, 2.24) is 4.98 Å². The van der Waals surface area contributed by atoms with E-state index in [9.17, 15) is 9.59 Å². The van der Waals surface area contributed by atoms with Gasteiger partial charge in [-0.2, -0.15) is 0 Å². The second kappa shape index (κ2) is 6.15. The Morgan fingerprint density at radius 1 is 1.15 bits per heavy atom. The van der Waals surface area contributed by atoms with Crippen molar-refractivity contribution in [1.29, 1.82) is 0 Å². The van der Waals surface area contributed by atoms with Crippen molar-refractivity contribution in [2.24, 2.45) is 0 Å². The molecule has 1 aromatic carbocycles. The van der Waals surface area contributed by atoms with E-state index in [-0.39, 0.29) is 11.4 Å². The summed E-state index contributed by atoms with van der Waals surface area (Å²) in [6, 6.07) is 8.00. The molecule has 0 fully saturated rings. The number of carboxylic acids is 1. The summed E-state index contributed by atoms with van der Waals surface area (Å²) in [6.45, 7) is 0. The van der Waals surface area contributed by atoms with Crippen molar-refractivity contribution < 1.29 is 14.7 Å². The van der Waals surface area contributed by atoms with Crippen LogP contribution in [0.2, 0.25) is 0 Å². The molecular formula is C13H8Br2N2O3. The summed E-state index contributed by atoms with van der Waals surface area (Å²) in [6.07, 6.45) is 1.41. The molecule has 2 N–H and O–H groups in total. The SMILES string of the molecule is O=C(Nc1ncccc1C(=O)O)c1cc(Br)ccc1Br. The molecule has 0 radical (unpaired) electrons. The molecule has 0 spiro atoms. The summed E-state index contributed by atoms with van der Waals surface area (Å²) in [4.78, 5) is 27.1. The van der Waals surface area contributed by atoms with E-state index in [1.165, 1.54) is 18.3 Å². The summed E-state index contributed by atoms with van der Waals surface area (Å²) >= 11 is 6.55. The number of halogens is 2. The molecule has 0 unspecified atom stereocenters. The first kappa shape index (κ1) is 14.7. The first-order valence-electron chi connectivity index (χ1n) is 5.44. The first-order valence-corrected chi connectivity index (χ1v) is 7.02. The molecule has 0 atom stereocenters. The number of nitrogens with one attached hydrogen (secondary N) is 1. The van der Waals surface area contributed by atoms with Crippen molar-refractivity contribution in [3.8, 4) is 0 Å². The lowest BCUT2D eigenvalue weighted by Crippen LogP contribution is -2.16. The molecule has 0 aliphatic carbocycles. The Hall–Kier alpha value is -1.73. The van der Waals surface area contributed by atoms with E-state index in [2.05, 4.69) is 42.2 Å². The van der Waals surface area contributed by atoms with E-state index in [0.29, 0.717) is 10.0 Å². The van der Waals surface area contributed by atoms with Crippen molar-refractivity contribution >= 4 is 49.6 Å². The Balaban J connectivity index is 2.33. The number of rotatable bonds is 3. The number of nitrogens with zero attached hydrogens (tertiary/aromatic N) is 1. The summed E-state index contributed by atoms with van der Waals surface area (Å²) in [7, 11) is 0. The van der Waals surface area contributed by atoms with Crippen molar-refractivity contribution in [3.63, 3.8) is 0 Å². The number of hydrogen-bond acceptors (Lipinski definition) is 3. The number of amides is 1. The fourth-order valence-corrected chi connectivity index (χ4v) is 2.31. The molecule has 2 rings (SSSR count). The highest BCUT2D eigenvalue weighted by Gasteiger charge is 2.16. The molecule has 0 aliphatic heterocycles. The molecule has 1 heterocycles. The minimum absolute atomic E-state index is 0.0110. The van der Waals surface area contributed by atoms with E-state index in [1.54, 1.807) is 18.2 Å². The van der Waals surface area contributed by atoms with Crippen LogP contribution in [0.4, 0.5) is 5.82 Å². The van der Waals surface area contributed by atoms with Gasteiger partial charge in [-0.1, -0.05) is 15.9 Å². The van der Waals surface area contributed by atoms with E-state index in [0.717, 1.165) is 4.47 Å². The average Bonchev–Trinajstić information content (AvgIpc) is 2.41. The molecule has 20 heavy (non-hydrogen) atoms. The maximum atomic E-state index is 12.2. The maximum absolute atomic E-state index is 12.2. The highest BCUT2D eigenvalue weighted by atomic mass is 79.9. The summed E-state index contributed by atoms with van der Waals surface area (Å²) < 4.78 is 1.34. The van der Waals surface area contributed by atoms with Crippen molar-refractivity contribution in [3.05, 3.63) is 56.6 Å². The van der Waals surface area contributed by atoms with Crippen LogP contribution < -0.4 is 5.32 Å². The summed E-state index contributed by atoms with van der Waals surface area (Å²) in [5.41, 5.74) is 0.313. The number of hydrogen-bond donors (Lipinski definition) is 2. The van der Waals surface area contributed by atoms with E-state index >= 15 is 0 Å². The lowest BCUT2D eigenvalue weighted by Gasteiger charge is -2.08. The number of pyridine rings is 1. The van der Waals surface area contributed by atoms with Gasteiger partial charge in [-0.05, 0) is 46.3 Å². The van der Waals surface area contributed by atoms with Crippen LogP contribution in [0.25, 0.3) is 0 Å². The summed E-state index contributed by atoms with van der Waals surface area (Å²) in [5, 5.41) is 11.5. The zero-order valence-corrected chi connectivity index (χ0v) is 13.1. The Kier molecular flexibility index (Phi) is 4.51. The number of anilines is 1. The molecule has 0 aliphatic rings. The molecular weight excluding hydrogens is 392 g/mol. The van der Waals surface area contributed by atoms with Crippen LogP contribution in [-0.4, -0.2) is 22.0 Å². The van der Waals surface area contributed by atoms with Gasteiger partial charge in [0, 0.05) is 15.1 Å². The van der Waals surface area contributed by atoms with Crippen LogP contribution in [0.5, 0.6) is 0 Å².